The van der Waals surface area contributed by atoms with Crippen LogP contribution >= 0.6 is 0 Å². The van der Waals surface area contributed by atoms with Gasteiger partial charge in [-0.3, -0.25) is 4.79 Å². The van der Waals surface area contributed by atoms with Gasteiger partial charge in [-0.25, -0.2) is 4.98 Å². The van der Waals surface area contributed by atoms with Crippen molar-refractivity contribution in [1.29, 1.82) is 5.26 Å². The Hall–Kier alpha value is -1.63. The van der Waals surface area contributed by atoms with Gasteiger partial charge in [0.2, 0.25) is 5.69 Å². The molecule has 1 aromatic heterocycles. The Bertz CT molecular complexity index is 347. The molecule has 1 rings (SSSR count). The van der Waals surface area contributed by atoms with Crippen molar-refractivity contribution in [3.8, 4) is 6.07 Å². The zero-order valence-electron chi connectivity index (χ0n) is 6.11. The van der Waals surface area contributed by atoms with Gasteiger partial charge in [0.1, 0.15) is 6.07 Å². The van der Waals surface area contributed by atoms with E-state index in [-0.39, 0.29) is 11.3 Å². The maximum atomic E-state index is 11.1. The van der Waals surface area contributed by atoms with Gasteiger partial charge in [-0.05, 0) is 6.92 Å². The highest BCUT2D eigenvalue weighted by atomic mass is 16.1. The normalized spacial score (nSPS) is 9.09. The van der Waals surface area contributed by atoms with Crippen LogP contribution in [0, 0.1) is 11.3 Å². The lowest BCUT2D eigenvalue weighted by Crippen LogP contribution is -2.22. The number of nitriles is 1. The van der Waals surface area contributed by atoms with Crippen LogP contribution < -0.4 is 5.56 Å². The molecule has 0 aliphatic rings. The Morgan fingerprint density at radius 1 is 1.82 bits per heavy atom. The summed E-state index contributed by atoms with van der Waals surface area (Å²) in [6, 6.07) is 1.73. The fourth-order valence-electron chi connectivity index (χ4n) is 0.773. The summed E-state index contributed by atoms with van der Waals surface area (Å²) in [7, 11) is 0. The molecule has 4 nitrogen and oxygen atoms in total. The molecule has 0 atom stereocenters. The minimum Gasteiger partial charge on any atom is -0.312 e. The summed E-state index contributed by atoms with van der Waals surface area (Å²) in [5.41, 5.74) is -0.369. The van der Waals surface area contributed by atoms with Crippen molar-refractivity contribution in [3.63, 3.8) is 0 Å². The van der Waals surface area contributed by atoms with E-state index in [9.17, 15) is 4.79 Å². The van der Waals surface area contributed by atoms with Crippen LogP contribution in [-0.4, -0.2) is 9.55 Å². The molecule has 0 amide bonds. The van der Waals surface area contributed by atoms with Crippen LogP contribution in [0.4, 0.5) is 0 Å². The highest BCUT2D eigenvalue weighted by Crippen LogP contribution is 1.82. The van der Waals surface area contributed by atoms with Crippen LogP contribution in [0.15, 0.2) is 17.2 Å². The number of nitrogens with zero attached hydrogens (tertiary/aromatic N) is 3. The van der Waals surface area contributed by atoms with E-state index < -0.39 is 0 Å². The van der Waals surface area contributed by atoms with E-state index in [1.807, 2.05) is 6.92 Å². The van der Waals surface area contributed by atoms with E-state index >= 15 is 0 Å². The van der Waals surface area contributed by atoms with Crippen LogP contribution in [0.2, 0.25) is 0 Å². The molecule has 0 radical (unpaired) electrons. The van der Waals surface area contributed by atoms with Crippen LogP contribution in [0.3, 0.4) is 0 Å². The molecule has 0 bridgehead atoms. The first-order valence-corrected chi connectivity index (χ1v) is 3.25. The number of rotatable bonds is 1. The van der Waals surface area contributed by atoms with E-state index in [0.717, 1.165) is 0 Å². The predicted molar refractivity (Wildman–Crippen MR) is 38.9 cm³/mol. The van der Waals surface area contributed by atoms with Gasteiger partial charge in [-0.15, -0.1) is 0 Å². The first kappa shape index (κ1) is 7.48. The zero-order valence-corrected chi connectivity index (χ0v) is 6.11. The molecule has 11 heavy (non-hydrogen) atoms. The number of hydrogen-bond acceptors (Lipinski definition) is 3. The van der Waals surface area contributed by atoms with Crippen LogP contribution in [0.25, 0.3) is 0 Å². The first-order valence-electron chi connectivity index (χ1n) is 3.25. The van der Waals surface area contributed by atoms with Crippen molar-refractivity contribution in [2.45, 2.75) is 13.5 Å². The van der Waals surface area contributed by atoms with Gasteiger partial charge in [0.15, 0.2) is 0 Å². The highest BCUT2D eigenvalue weighted by molar-refractivity contribution is 5.15. The summed E-state index contributed by atoms with van der Waals surface area (Å²) < 4.78 is 1.44. The van der Waals surface area contributed by atoms with Crippen LogP contribution in [-0.2, 0) is 6.54 Å². The number of aryl methyl sites for hydroxylation is 1. The van der Waals surface area contributed by atoms with E-state index in [1.54, 1.807) is 12.3 Å². The molecule has 0 aromatic carbocycles. The molecule has 4 heteroatoms. The minimum atomic E-state index is -0.322. The summed E-state index contributed by atoms with van der Waals surface area (Å²) in [5, 5.41) is 8.41. The zero-order chi connectivity index (χ0) is 8.27. The number of aromatic nitrogens is 2. The van der Waals surface area contributed by atoms with Crippen LogP contribution in [0.1, 0.15) is 12.6 Å². The van der Waals surface area contributed by atoms with Crippen molar-refractivity contribution in [2.75, 3.05) is 0 Å². The van der Waals surface area contributed by atoms with Crippen molar-refractivity contribution in [1.82, 2.24) is 9.55 Å². The second-order valence-corrected chi connectivity index (χ2v) is 1.98. The Balaban J connectivity index is 3.36. The minimum absolute atomic E-state index is 0.0469. The summed E-state index contributed by atoms with van der Waals surface area (Å²) in [6.45, 7) is 2.40. The van der Waals surface area contributed by atoms with Gasteiger partial charge in [0.05, 0.1) is 0 Å². The predicted octanol–water partition coefficient (Wildman–Crippen LogP) is 0.135. The van der Waals surface area contributed by atoms with Gasteiger partial charge in [0, 0.05) is 18.9 Å². The Morgan fingerprint density at radius 3 is 3.09 bits per heavy atom. The topological polar surface area (TPSA) is 58.7 Å². The molecular formula is C7H7N3O. The van der Waals surface area contributed by atoms with Crippen molar-refractivity contribution < 1.29 is 0 Å². The molecule has 0 N–H and O–H groups in total. The van der Waals surface area contributed by atoms with Gasteiger partial charge in [-0.2, -0.15) is 5.26 Å². The third-order valence-corrected chi connectivity index (χ3v) is 1.36. The Morgan fingerprint density at radius 2 is 2.55 bits per heavy atom. The lowest BCUT2D eigenvalue weighted by atomic mass is 10.4. The summed E-state index contributed by atoms with van der Waals surface area (Å²) >= 11 is 0. The molecule has 0 saturated carbocycles. The van der Waals surface area contributed by atoms with Gasteiger partial charge >= 0.3 is 0 Å². The summed E-state index contributed by atoms with van der Waals surface area (Å²) in [6.07, 6.45) is 3.01. The SMILES string of the molecule is CCn1ccnc(C#N)c1=O. The van der Waals surface area contributed by atoms with Crippen molar-refractivity contribution >= 4 is 0 Å². The largest absolute Gasteiger partial charge is 0.312 e. The van der Waals surface area contributed by atoms with Crippen molar-refractivity contribution in [2.24, 2.45) is 0 Å². The Labute approximate surface area is 63.7 Å². The average molecular weight is 149 g/mol. The average Bonchev–Trinajstić information content (AvgIpc) is 2.05. The first-order chi connectivity index (χ1) is 5.29. The van der Waals surface area contributed by atoms with Gasteiger partial charge in [-0.1, -0.05) is 0 Å². The molecule has 0 unspecified atom stereocenters. The fraction of sp³-hybridized carbons (Fsp3) is 0.286. The quantitative estimate of drug-likeness (QED) is 0.570. The van der Waals surface area contributed by atoms with Crippen LogP contribution in [0.5, 0.6) is 0 Å². The number of hydrogen-bond donors (Lipinski definition) is 0. The third kappa shape index (κ3) is 1.27. The molecule has 1 heterocycles. The lowest BCUT2D eigenvalue weighted by molar-refractivity contribution is 0.714. The van der Waals surface area contributed by atoms with E-state index in [4.69, 9.17) is 5.26 Å². The van der Waals surface area contributed by atoms with E-state index in [2.05, 4.69) is 4.98 Å². The Kier molecular flexibility index (Phi) is 2.02. The second-order valence-electron chi connectivity index (χ2n) is 1.98. The molecule has 1 aromatic rings. The maximum Gasteiger partial charge on any atom is 0.287 e. The summed E-state index contributed by atoms with van der Waals surface area (Å²) in [4.78, 5) is 14.7. The third-order valence-electron chi connectivity index (χ3n) is 1.36. The fourth-order valence-corrected chi connectivity index (χ4v) is 0.773. The van der Waals surface area contributed by atoms with E-state index in [0.29, 0.717) is 6.54 Å². The summed E-state index contributed by atoms with van der Waals surface area (Å²) in [5.74, 6) is 0. The molecule has 56 valence electrons. The smallest absolute Gasteiger partial charge is 0.287 e. The molecule has 0 aliphatic carbocycles. The molecule has 0 fully saturated rings. The molecule has 0 aliphatic heterocycles. The second kappa shape index (κ2) is 2.97. The standard InChI is InChI=1S/C7H7N3O/c1-2-10-4-3-9-6(5-8)7(10)11/h3-4H,2H2,1H3. The molecular weight excluding hydrogens is 142 g/mol. The van der Waals surface area contributed by atoms with Crippen molar-refractivity contribution in [3.05, 3.63) is 28.4 Å². The van der Waals surface area contributed by atoms with E-state index in [1.165, 1.54) is 10.8 Å². The maximum absolute atomic E-state index is 11.1. The monoisotopic (exact) mass is 149 g/mol. The van der Waals surface area contributed by atoms with Gasteiger partial charge < -0.3 is 4.57 Å². The molecule has 0 saturated heterocycles. The highest BCUT2D eigenvalue weighted by Gasteiger charge is 1.99. The van der Waals surface area contributed by atoms with Gasteiger partial charge in [0.25, 0.3) is 5.56 Å². The molecule has 0 spiro atoms. The lowest BCUT2D eigenvalue weighted by Gasteiger charge is -1.97.